The SMILES string of the molecule is CC(C)(C)c1ccc(OCCNC(=O)NC2CCC(C(=O)O)CC2)cc1. The van der Waals surface area contributed by atoms with E-state index in [2.05, 4.69) is 43.5 Å². The molecule has 0 heterocycles. The molecule has 6 nitrogen and oxygen atoms in total. The van der Waals surface area contributed by atoms with Gasteiger partial charge in [-0.2, -0.15) is 0 Å². The summed E-state index contributed by atoms with van der Waals surface area (Å²) in [6.07, 6.45) is 2.66. The molecule has 0 spiro atoms. The van der Waals surface area contributed by atoms with Crippen LogP contribution in [0.3, 0.4) is 0 Å². The molecule has 0 aromatic heterocycles. The van der Waals surface area contributed by atoms with Crippen LogP contribution in [0.5, 0.6) is 5.75 Å². The molecule has 0 saturated heterocycles. The number of carbonyl (C=O) groups excluding carboxylic acids is 1. The lowest BCUT2D eigenvalue weighted by molar-refractivity contribution is -0.142. The Morgan fingerprint density at radius 2 is 1.73 bits per heavy atom. The Kier molecular flexibility index (Phi) is 6.89. The van der Waals surface area contributed by atoms with Crippen LogP contribution >= 0.6 is 0 Å². The van der Waals surface area contributed by atoms with Gasteiger partial charge in [-0.05, 0) is 48.8 Å². The molecule has 1 aromatic carbocycles. The molecule has 0 unspecified atom stereocenters. The van der Waals surface area contributed by atoms with Crippen molar-refractivity contribution in [2.45, 2.75) is 57.9 Å². The second kappa shape index (κ2) is 8.92. The van der Waals surface area contributed by atoms with Gasteiger partial charge in [-0.1, -0.05) is 32.9 Å². The van der Waals surface area contributed by atoms with Gasteiger partial charge in [-0.25, -0.2) is 4.79 Å². The van der Waals surface area contributed by atoms with Crippen molar-refractivity contribution in [2.75, 3.05) is 13.2 Å². The van der Waals surface area contributed by atoms with Gasteiger partial charge in [0.1, 0.15) is 12.4 Å². The van der Waals surface area contributed by atoms with Gasteiger partial charge in [0, 0.05) is 6.04 Å². The zero-order valence-corrected chi connectivity index (χ0v) is 15.9. The fourth-order valence-electron chi connectivity index (χ4n) is 3.11. The quantitative estimate of drug-likeness (QED) is 0.678. The first kappa shape index (κ1) is 20.1. The lowest BCUT2D eigenvalue weighted by Crippen LogP contribution is -2.45. The van der Waals surface area contributed by atoms with Crippen molar-refractivity contribution in [2.24, 2.45) is 5.92 Å². The molecule has 1 aliphatic carbocycles. The highest BCUT2D eigenvalue weighted by atomic mass is 16.5. The Hall–Kier alpha value is -2.24. The molecule has 26 heavy (non-hydrogen) atoms. The summed E-state index contributed by atoms with van der Waals surface area (Å²) >= 11 is 0. The van der Waals surface area contributed by atoms with Crippen LogP contribution in [-0.4, -0.2) is 36.3 Å². The number of ether oxygens (including phenoxy) is 1. The zero-order chi connectivity index (χ0) is 19.2. The molecule has 144 valence electrons. The van der Waals surface area contributed by atoms with Gasteiger partial charge in [0.05, 0.1) is 12.5 Å². The number of rotatable bonds is 6. The number of hydrogen-bond donors (Lipinski definition) is 3. The second-order valence-electron chi connectivity index (χ2n) is 7.91. The van der Waals surface area contributed by atoms with E-state index >= 15 is 0 Å². The van der Waals surface area contributed by atoms with Gasteiger partial charge in [0.25, 0.3) is 0 Å². The van der Waals surface area contributed by atoms with Crippen LogP contribution in [-0.2, 0) is 10.2 Å². The number of amides is 2. The minimum Gasteiger partial charge on any atom is -0.492 e. The van der Waals surface area contributed by atoms with Crippen molar-refractivity contribution in [1.82, 2.24) is 10.6 Å². The highest BCUT2D eigenvalue weighted by Gasteiger charge is 2.26. The largest absolute Gasteiger partial charge is 0.492 e. The van der Waals surface area contributed by atoms with Crippen molar-refractivity contribution in [3.8, 4) is 5.75 Å². The van der Waals surface area contributed by atoms with Gasteiger partial charge in [0.2, 0.25) is 0 Å². The third-order valence-corrected chi connectivity index (χ3v) is 4.79. The van der Waals surface area contributed by atoms with Crippen molar-refractivity contribution < 1.29 is 19.4 Å². The Morgan fingerprint density at radius 1 is 1.12 bits per heavy atom. The van der Waals surface area contributed by atoms with Gasteiger partial charge in [-0.3, -0.25) is 4.79 Å². The maximum atomic E-state index is 11.9. The van der Waals surface area contributed by atoms with E-state index in [0.717, 1.165) is 5.75 Å². The highest BCUT2D eigenvalue weighted by Crippen LogP contribution is 2.25. The number of carboxylic acid groups (broad SMARTS) is 1. The number of aliphatic carboxylic acids is 1. The van der Waals surface area contributed by atoms with Crippen LogP contribution in [0.15, 0.2) is 24.3 Å². The maximum Gasteiger partial charge on any atom is 0.315 e. The van der Waals surface area contributed by atoms with Crippen molar-refractivity contribution in [3.05, 3.63) is 29.8 Å². The van der Waals surface area contributed by atoms with Gasteiger partial charge < -0.3 is 20.5 Å². The Labute approximate surface area is 155 Å². The predicted molar refractivity (Wildman–Crippen MR) is 101 cm³/mol. The summed E-state index contributed by atoms with van der Waals surface area (Å²) in [5, 5.41) is 14.7. The third kappa shape index (κ3) is 6.24. The molecule has 3 N–H and O–H groups in total. The molecule has 1 fully saturated rings. The van der Waals surface area contributed by atoms with Crippen molar-refractivity contribution in [1.29, 1.82) is 0 Å². The minimum atomic E-state index is -0.736. The zero-order valence-electron chi connectivity index (χ0n) is 15.9. The van der Waals surface area contributed by atoms with Crippen molar-refractivity contribution >= 4 is 12.0 Å². The van der Waals surface area contributed by atoms with Crippen LogP contribution in [0.4, 0.5) is 4.79 Å². The summed E-state index contributed by atoms with van der Waals surface area (Å²) in [5.74, 6) is -0.220. The monoisotopic (exact) mass is 362 g/mol. The average Bonchev–Trinajstić information content (AvgIpc) is 2.59. The van der Waals surface area contributed by atoms with Crippen LogP contribution in [0.2, 0.25) is 0 Å². The van der Waals surface area contributed by atoms with Crippen LogP contribution in [0.25, 0.3) is 0 Å². The molecule has 0 bridgehead atoms. The van der Waals surface area contributed by atoms with E-state index in [9.17, 15) is 9.59 Å². The molecule has 0 atom stereocenters. The molecule has 2 rings (SSSR count). The summed E-state index contributed by atoms with van der Waals surface area (Å²) in [6.45, 7) is 7.31. The van der Waals surface area contributed by atoms with Crippen LogP contribution in [0.1, 0.15) is 52.0 Å². The normalized spacial score (nSPS) is 20.3. The van der Waals surface area contributed by atoms with Crippen molar-refractivity contribution in [3.63, 3.8) is 0 Å². The molecular weight excluding hydrogens is 332 g/mol. The molecule has 6 heteroatoms. The average molecular weight is 362 g/mol. The first-order valence-electron chi connectivity index (χ1n) is 9.26. The lowest BCUT2D eigenvalue weighted by atomic mass is 9.86. The topological polar surface area (TPSA) is 87.7 Å². The number of carboxylic acids is 1. The summed E-state index contributed by atoms with van der Waals surface area (Å²) in [7, 11) is 0. The Morgan fingerprint density at radius 3 is 2.27 bits per heavy atom. The fraction of sp³-hybridized carbons (Fsp3) is 0.600. The van der Waals surface area contributed by atoms with Gasteiger partial charge >= 0.3 is 12.0 Å². The molecule has 0 radical (unpaired) electrons. The number of hydrogen-bond acceptors (Lipinski definition) is 3. The molecule has 1 aromatic rings. The van der Waals surface area contributed by atoms with Crippen LogP contribution < -0.4 is 15.4 Å². The Bertz CT molecular complexity index is 599. The summed E-state index contributed by atoms with van der Waals surface area (Å²) in [5.41, 5.74) is 1.36. The highest BCUT2D eigenvalue weighted by molar-refractivity contribution is 5.74. The minimum absolute atomic E-state index is 0.0523. The van der Waals surface area contributed by atoms with E-state index in [1.165, 1.54) is 5.56 Å². The summed E-state index contributed by atoms with van der Waals surface area (Å²) in [4.78, 5) is 22.8. The number of urea groups is 1. The molecule has 1 aliphatic rings. The van der Waals surface area contributed by atoms with E-state index in [4.69, 9.17) is 9.84 Å². The third-order valence-electron chi connectivity index (χ3n) is 4.79. The van der Waals surface area contributed by atoms with E-state index < -0.39 is 5.97 Å². The second-order valence-corrected chi connectivity index (χ2v) is 7.91. The molecule has 1 saturated carbocycles. The first-order chi connectivity index (χ1) is 12.3. The molecular formula is C20H30N2O4. The van der Waals surface area contributed by atoms with Gasteiger partial charge in [-0.15, -0.1) is 0 Å². The van der Waals surface area contributed by atoms with Crippen LogP contribution in [0, 0.1) is 5.92 Å². The van der Waals surface area contributed by atoms with E-state index in [-0.39, 0.29) is 23.4 Å². The number of benzene rings is 1. The van der Waals surface area contributed by atoms with E-state index in [1.807, 2.05) is 12.1 Å². The number of carbonyl (C=O) groups is 2. The standard InChI is InChI=1S/C20H30N2O4/c1-20(2,3)15-6-10-17(11-7-15)26-13-12-21-19(25)22-16-8-4-14(5-9-16)18(23)24/h6-7,10-11,14,16H,4-5,8-9,12-13H2,1-3H3,(H,23,24)(H2,21,22,25). The summed E-state index contributed by atoms with van der Waals surface area (Å²) in [6, 6.07) is 7.83. The molecule has 2 amide bonds. The molecule has 0 aliphatic heterocycles. The summed E-state index contributed by atoms with van der Waals surface area (Å²) < 4.78 is 5.65. The number of nitrogens with one attached hydrogen (secondary N) is 2. The Balaban J connectivity index is 1.62. The van der Waals surface area contributed by atoms with Gasteiger partial charge in [0.15, 0.2) is 0 Å². The predicted octanol–water partition coefficient (Wildman–Crippen LogP) is 3.31. The smallest absolute Gasteiger partial charge is 0.315 e. The fourth-order valence-corrected chi connectivity index (χ4v) is 3.11. The van der Waals surface area contributed by atoms with E-state index in [1.54, 1.807) is 0 Å². The maximum absolute atomic E-state index is 11.9. The first-order valence-corrected chi connectivity index (χ1v) is 9.26. The van der Waals surface area contributed by atoms with E-state index in [0.29, 0.717) is 38.8 Å². The lowest BCUT2D eigenvalue weighted by Gasteiger charge is -2.26.